The third-order valence-corrected chi connectivity index (χ3v) is 1.34. The number of hydrogen-bond acceptors (Lipinski definition) is 4. The number of nitrogens with zero attached hydrogens (tertiary/aromatic N) is 3. The lowest BCUT2D eigenvalue weighted by atomic mass is 10.4. The van der Waals surface area contributed by atoms with Crippen molar-refractivity contribution in [3.63, 3.8) is 0 Å². The predicted molar refractivity (Wildman–Crippen MR) is 42.1 cm³/mol. The SMILES string of the molecule is COC(=O)/C=C/c1cnnn1C. The molecule has 1 rings (SSSR count). The fourth-order valence-corrected chi connectivity index (χ4v) is 0.670. The lowest BCUT2D eigenvalue weighted by Crippen LogP contribution is -1.96. The summed E-state index contributed by atoms with van der Waals surface area (Å²) in [5.74, 6) is -0.392. The molecule has 1 aromatic rings. The highest BCUT2D eigenvalue weighted by atomic mass is 16.5. The summed E-state index contributed by atoms with van der Waals surface area (Å²) in [5, 5.41) is 7.32. The molecule has 0 radical (unpaired) electrons. The van der Waals surface area contributed by atoms with E-state index in [4.69, 9.17) is 0 Å². The topological polar surface area (TPSA) is 57.0 Å². The summed E-state index contributed by atoms with van der Waals surface area (Å²) in [6, 6.07) is 0. The van der Waals surface area contributed by atoms with Crippen LogP contribution in [0.4, 0.5) is 0 Å². The van der Waals surface area contributed by atoms with Gasteiger partial charge in [-0.25, -0.2) is 9.48 Å². The molecule has 0 N–H and O–H groups in total. The van der Waals surface area contributed by atoms with Crippen molar-refractivity contribution in [3.05, 3.63) is 18.0 Å². The van der Waals surface area contributed by atoms with Crippen LogP contribution in [-0.2, 0) is 16.6 Å². The van der Waals surface area contributed by atoms with Crippen LogP contribution in [-0.4, -0.2) is 28.1 Å². The Balaban J connectivity index is 2.69. The van der Waals surface area contributed by atoms with Crippen LogP contribution in [0.15, 0.2) is 12.3 Å². The van der Waals surface area contributed by atoms with Crippen molar-refractivity contribution in [1.29, 1.82) is 0 Å². The van der Waals surface area contributed by atoms with Gasteiger partial charge in [0.2, 0.25) is 0 Å². The zero-order valence-corrected chi connectivity index (χ0v) is 6.89. The van der Waals surface area contributed by atoms with Gasteiger partial charge in [0.05, 0.1) is 19.0 Å². The molecule has 1 heterocycles. The quantitative estimate of drug-likeness (QED) is 0.459. The molecule has 0 bridgehead atoms. The predicted octanol–water partition coefficient (Wildman–Crippen LogP) is 0.00130. The number of esters is 1. The van der Waals surface area contributed by atoms with Gasteiger partial charge in [0, 0.05) is 13.1 Å². The van der Waals surface area contributed by atoms with Crippen LogP contribution in [0.1, 0.15) is 5.69 Å². The van der Waals surface area contributed by atoms with Gasteiger partial charge in [-0.2, -0.15) is 0 Å². The smallest absolute Gasteiger partial charge is 0.330 e. The molecule has 0 aliphatic heterocycles. The van der Waals surface area contributed by atoms with Crippen LogP contribution < -0.4 is 0 Å². The highest BCUT2D eigenvalue weighted by Gasteiger charge is 1.95. The molecule has 0 aliphatic rings. The summed E-state index contributed by atoms with van der Waals surface area (Å²) < 4.78 is 5.97. The van der Waals surface area contributed by atoms with Crippen molar-refractivity contribution in [2.75, 3.05) is 7.11 Å². The third kappa shape index (κ3) is 1.91. The van der Waals surface area contributed by atoms with E-state index in [0.717, 1.165) is 5.69 Å². The van der Waals surface area contributed by atoms with Crippen LogP contribution in [0, 0.1) is 0 Å². The Bertz CT molecular complexity index is 303. The summed E-state index contributed by atoms with van der Waals surface area (Å²) in [5.41, 5.74) is 0.750. The molecule has 0 saturated carbocycles. The van der Waals surface area contributed by atoms with Crippen molar-refractivity contribution in [3.8, 4) is 0 Å². The Morgan fingerprint density at radius 3 is 3.00 bits per heavy atom. The molecule has 0 saturated heterocycles. The zero-order chi connectivity index (χ0) is 8.97. The average molecular weight is 167 g/mol. The van der Waals surface area contributed by atoms with E-state index < -0.39 is 5.97 Å². The minimum absolute atomic E-state index is 0.392. The van der Waals surface area contributed by atoms with Crippen LogP contribution >= 0.6 is 0 Å². The largest absolute Gasteiger partial charge is 0.466 e. The molecule has 5 heteroatoms. The van der Waals surface area contributed by atoms with E-state index in [2.05, 4.69) is 15.0 Å². The first-order valence-electron chi connectivity index (χ1n) is 3.34. The summed E-state index contributed by atoms with van der Waals surface area (Å²) in [6.07, 6.45) is 4.46. The van der Waals surface area contributed by atoms with Crippen molar-refractivity contribution < 1.29 is 9.53 Å². The zero-order valence-electron chi connectivity index (χ0n) is 6.89. The second kappa shape index (κ2) is 3.66. The molecule has 0 spiro atoms. The van der Waals surface area contributed by atoms with Crippen LogP contribution in [0.25, 0.3) is 6.08 Å². The molecule has 64 valence electrons. The van der Waals surface area contributed by atoms with Crippen LogP contribution in [0.5, 0.6) is 0 Å². The summed E-state index contributed by atoms with van der Waals surface area (Å²) in [6.45, 7) is 0. The van der Waals surface area contributed by atoms with E-state index in [1.165, 1.54) is 13.2 Å². The highest BCUT2D eigenvalue weighted by molar-refractivity contribution is 5.86. The Hall–Kier alpha value is -1.65. The maximum Gasteiger partial charge on any atom is 0.330 e. The first kappa shape index (κ1) is 8.45. The van der Waals surface area contributed by atoms with Gasteiger partial charge in [0.15, 0.2) is 0 Å². The van der Waals surface area contributed by atoms with E-state index in [9.17, 15) is 4.79 Å². The molecule has 0 fully saturated rings. The van der Waals surface area contributed by atoms with E-state index >= 15 is 0 Å². The number of ether oxygens (including phenoxy) is 1. The lowest BCUT2D eigenvalue weighted by molar-refractivity contribution is -0.134. The maximum absolute atomic E-state index is 10.7. The van der Waals surface area contributed by atoms with Gasteiger partial charge in [-0.1, -0.05) is 5.21 Å². The number of hydrogen-bond donors (Lipinski definition) is 0. The Kier molecular flexibility index (Phi) is 2.57. The van der Waals surface area contributed by atoms with E-state index in [-0.39, 0.29) is 0 Å². The van der Waals surface area contributed by atoms with E-state index in [1.807, 2.05) is 0 Å². The molecule has 0 atom stereocenters. The maximum atomic E-state index is 10.7. The van der Waals surface area contributed by atoms with Crippen LogP contribution in [0.3, 0.4) is 0 Å². The monoisotopic (exact) mass is 167 g/mol. The van der Waals surface area contributed by atoms with Gasteiger partial charge in [0.25, 0.3) is 0 Å². The fourth-order valence-electron chi connectivity index (χ4n) is 0.670. The molecule has 0 unspecified atom stereocenters. The van der Waals surface area contributed by atoms with Gasteiger partial charge in [-0.05, 0) is 6.08 Å². The van der Waals surface area contributed by atoms with Gasteiger partial charge >= 0.3 is 5.97 Å². The molecule has 1 aromatic heterocycles. The van der Waals surface area contributed by atoms with Crippen molar-refractivity contribution in [2.45, 2.75) is 0 Å². The summed E-state index contributed by atoms with van der Waals surface area (Å²) in [4.78, 5) is 10.7. The van der Waals surface area contributed by atoms with Gasteiger partial charge in [0.1, 0.15) is 0 Å². The number of methoxy groups -OCH3 is 1. The Labute approximate surface area is 69.6 Å². The number of aromatic nitrogens is 3. The molecule has 0 amide bonds. The molecule has 12 heavy (non-hydrogen) atoms. The Morgan fingerprint density at radius 1 is 1.75 bits per heavy atom. The van der Waals surface area contributed by atoms with Crippen molar-refractivity contribution in [1.82, 2.24) is 15.0 Å². The number of aryl methyl sites for hydroxylation is 1. The minimum atomic E-state index is -0.392. The minimum Gasteiger partial charge on any atom is -0.466 e. The van der Waals surface area contributed by atoms with E-state index in [0.29, 0.717) is 0 Å². The molecule has 0 aromatic carbocycles. The van der Waals surface area contributed by atoms with Crippen molar-refractivity contribution in [2.24, 2.45) is 7.05 Å². The molecular weight excluding hydrogens is 158 g/mol. The van der Waals surface area contributed by atoms with Crippen molar-refractivity contribution >= 4 is 12.0 Å². The lowest BCUT2D eigenvalue weighted by Gasteiger charge is -1.91. The second-order valence-corrected chi connectivity index (χ2v) is 2.14. The van der Waals surface area contributed by atoms with Crippen LogP contribution in [0.2, 0.25) is 0 Å². The summed E-state index contributed by atoms with van der Waals surface area (Å²) >= 11 is 0. The number of carbonyl (C=O) groups excluding carboxylic acids is 1. The first-order valence-corrected chi connectivity index (χ1v) is 3.34. The average Bonchev–Trinajstić information content (AvgIpc) is 2.47. The molecule has 5 nitrogen and oxygen atoms in total. The third-order valence-electron chi connectivity index (χ3n) is 1.34. The second-order valence-electron chi connectivity index (χ2n) is 2.14. The molecule has 0 aliphatic carbocycles. The number of rotatable bonds is 2. The van der Waals surface area contributed by atoms with E-state index in [1.54, 1.807) is 24.0 Å². The summed E-state index contributed by atoms with van der Waals surface area (Å²) in [7, 11) is 3.07. The van der Waals surface area contributed by atoms with Gasteiger partial charge < -0.3 is 4.74 Å². The Morgan fingerprint density at radius 2 is 2.50 bits per heavy atom. The fraction of sp³-hybridized carbons (Fsp3) is 0.286. The normalized spacial score (nSPS) is 10.5. The molecular formula is C7H9N3O2. The van der Waals surface area contributed by atoms with Gasteiger partial charge in [-0.15, -0.1) is 5.10 Å². The standard InChI is InChI=1S/C7H9N3O2/c1-10-6(5-8-9-10)3-4-7(11)12-2/h3-5H,1-2H3/b4-3+. The highest BCUT2D eigenvalue weighted by Crippen LogP contribution is 1.96. The number of carbonyl (C=O) groups is 1. The van der Waals surface area contributed by atoms with Gasteiger partial charge in [-0.3, -0.25) is 0 Å². The first-order chi connectivity index (χ1) is 5.74.